The van der Waals surface area contributed by atoms with Crippen LogP contribution in [0, 0.1) is 0 Å². The zero-order valence-corrected chi connectivity index (χ0v) is 12.0. The fourth-order valence-corrected chi connectivity index (χ4v) is 2.26. The maximum absolute atomic E-state index is 10.5. The quantitative estimate of drug-likeness (QED) is 0.897. The molecule has 1 aromatic carbocycles. The molecule has 1 aliphatic rings. The summed E-state index contributed by atoms with van der Waals surface area (Å²) < 4.78 is 21.4. The van der Waals surface area contributed by atoms with Crippen LogP contribution < -0.4 is 14.2 Å². The van der Waals surface area contributed by atoms with Crippen molar-refractivity contribution >= 4 is 0 Å². The van der Waals surface area contributed by atoms with E-state index in [4.69, 9.17) is 18.9 Å². The molecule has 20 heavy (non-hydrogen) atoms. The SMILES string of the molecule is COc1ccc(C(O)C2=CCCCO2)c(OC)c1OC. The Kier molecular flexibility index (Phi) is 4.74. The first-order valence-electron chi connectivity index (χ1n) is 6.52. The van der Waals surface area contributed by atoms with E-state index in [9.17, 15) is 5.11 Å². The Morgan fingerprint density at radius 2 is 1.85 bits per heavy atom. The lowest BCUT2D eigenvalue weighted by atomic mass is 10.0. The van der Waals surface area contributed by atoms with Crippen LogP contribution in [0.25, 0.3) is 0 Å². The number of benzene rings is 1. The molecule has 0 bridgehead atoms. The molecule has 0 amide bonds. The topological polar surface area (TPSA) is 57.2 Å². The highest BCUT2D eigenvalue weighted by molar-refractivity contribution is 5.57. The Labute approximate surface area is 118 Å². The van der Waals surface area contributed by atoms with Crippen LogP contribution >= 0.6 is 0 Å². The number of hydrogen-bond donors (Lipinski definition) is 1. The monoisotopic (exact) mass is 280 g/mol. The summed E-state index contributed by atoms with van der Waals surface area (Å²) in [7, 11) is 4.62. The molecule has 0 aromatic heterocycles. The van der Waals surface area contributed by atoms with Gasteiger partial charge in [-0.3, -0.25) is 0 Å². The van der Waals surface area contributed by atoms with E-state index in [-0.39, 0.29) is 0 Å². The van der Waals surface area contributed by atoms with E-state index in [1.807, 2.05) is 6.08 Å². The maximum Gasteiger partial charge on any atom is 0.203 e. The second-order valence-electron chi connectivity index (χ2n) is 4.42. The first kappa shape index (κ1) is 14.5. The molecule has 1 aliphatic heterocycles. The number of aliphatic hydroxyl groups is 1. The van der Waals surface area contributed by atoms with Crippen LogP contribution in [-0.4, -0.2) is 33.0 Å². The first-order valence-corrected chi connectivity index (χ1v) is 6.52. The number of allylic oxidation sites excluding steroid dienone is 1. The van der Waals surface area contributed by atoms with Crippen molar-refractivity contribution in [1.82, 2.24) is 0 Å². The fourth-order valence-electron chi connectivity index (χ4n) is 2.26. The van der Waals surface area contributed by atoms with E-state index in [2.05, 4.69) is 0 Å². The van der Waals surface area contributed by atoms with Crippen LogP contribution in [0.1, 0.15) is 24.5 Å². The van der Waals surface area contributed by atoms with Gasteiger partial charge in [-0.25, -0.2) is 0 Å². The van der Waals surface area contributed by atoms with E-state index in [1.165, 1.54) is 14.2 Å². The molecule has 2 rings (SSSR count). The molecule has 5 heteroatoms. The van der Waals surface area contributed by atoms with Gasteiger partial charge >= 0.3 is 0 Å². The number of ether oxygens (including phenoxy) is 4. The van der Waals surface area contributed by atoms with E-state index < -0.39 is 6.10 Å². The Bertz CT molecular complexity index is 495. The van der Waals surface area contributed by atoms with Crippen molar-refractivity contribution in [3.63, 3.8) is 0 Å². The highest BCUT2D eigenvalue weighted by atomic mass is 16.5. The Morgan fingerprint density at radius 1 is 1.10 bits per heavy atom. The molecule has 0 spiro atoms. The average molecular weight is 280 g/mol. The molecule has 1 N–H and O–H groups in total. The standard InChI is InChI=1S/C15H20O5/c1-17-12-8-7-10(14(18-2)15(12)19-3)13(16)11-6-4-5-9-20-11/h6-8,13,16H,4-5,9H2,1-3H3. The van der Waals surface area contributed by atoms with Crippen LogP contribution in [0.3, 0.4) is 0 Å². The third-order valence-corrected chi connectivity index (χ3v) is 3.26. The second kappa shape index (κ2) is 6.52. The predicted molar refractivity (Wildman–Crippen MR) is 74.3 cm³/mol. The summed E-state index contributed by atoms with van der Waals surface area (Å²) in [6.45, 7) is 0.624. The molecule has 0 saturated heterocycles. The molecular weight excluding hydrogens is 260 g/mol. The van der Waals surface area contributed by atoms with Gasteiger partial charge in [-0.1, -0.05) is 0 Å². The molecule has 110 valence electrons. The van der Waals surface area contributed by atoms with Crippen LogP contribution in [0.2, 0.25) is 0 Å². The third-order valence-electron chi connectivity index (χ3n) is 3.26. The molecule has 1 heterocycles. The molecule has 1 aromatic rings. The zero-order chi connectivity index (χ0) is 14.5. The molecule has 1 atom stereocenters. The zero-order valence-electron chi connectivity index (χ0n) is 12.0. The Balaban J connectivity index is 2.42. The average Bonchev–Trinajstić information content (AvgIpc) is 2.53. The molecule has 0 fully saturated rings. The summed E-state index contributed by atoms with van der Waals surface area (Å²) in [5.41, 5.74) is 0.596. The number of methoxy groups -OCH3 is 3. The minimum atomic E-state index is -0.870. The van der Waals surface area contributed by atoms with Gasteiger partial charge < -0.3 is 24.1 Å². The fraction of sp³-hybridized carbons (Fsp3) is 0.467. The first-order chi connectivity index (χ1) is 9.72. The maximum atomic E-state index is 10.5. The van der Waals surface area contributed by atoms with Gasteiger partial charge in [0.05, 0.1) is 27.9 Å². The summed E-state index contributed by atoms with van der Waals surface area (Å²) in [6.07, 6.45) is 2.91. The Hall–Kier alpha value is -1.88. The van der Waals surface area contributed by atoms with E-state index in [1.54, 1.807) is 19.2 Å². The predicted octanol–water partition coefficient (Wildman–Crippen LogP) is 2.44. The number of aliphatic hydroxyl groups excluding tert-OH is 1. The van der Waals surface area contributed by atoms with Gasteiger partial charge in [0.15, 0.2) is 11.5 Å². The van der Waals surface area contributed by atoms with Crippen LogP contribution in [0.4, 0.5) is 0 Å². The smallest absolute Gasteiger partial charge is 0.203 e. The van der Waals surface area contributed by atoms with Crippen molar-refractivity contribution in [2.24, 2.45) is 0 Å². The van der Waals surface area contributed by atoms with Crippen molar-refractivity contribution in [3.8, 4) is 17.2 Å². The molecule has 5 nitrogen and oxygen atoms in total. The van der Waals surface area contributed by atoms with Gasteiger partial charge in [0.2, 0.25) is 5.75 Å². The largest absolute Gasteiger partial charge is 0.495 e. The lowest BCUT2D eigenvalue weighted by molar-refractivity contribution is 0.0899. The summed E-state index contributed by atoms with van der Waals surface area (Å²) >= 11 is 0. The lowest BCUT2D eigenvalue weighted by Gasteiger charge is -2.23. The minimum absolute atomic E-state index is 0.453. The highest BCUT2D eigenvalue weighted by Gasteiger charge is 2.25. The van der Waals surface area contributed by atoms with Crippen molar-refractivity contribution in [2.75, 3.05) is 27.9 Å². The molecular formula is C15H20O5. The van der Waals surface area contributed by atoms with E-state index >= 15 is 0 Å². The van der Waals surface area contributed by atoms with Gasteiger partial charge in [-0.15, -0.1) is 0 Å². The Morgan fingerprint density at radius 3 is 2.40 bits per heavy atom. The lowest BCUT2D eigenvalue weighted by Crippen LogP contribution is -2.11. The summed E-state index contributed by atoms with van der Waals surface area (Å²) in [4.78, 5) is 0. The van der Waals surface area contributed by atoms with Crippen molar-refractivity contribution in [3.05, 3.63) is 29.5 Å². The van der Waals surface area contributed by atoms with E-state index in [0.717, 1.165) is 12.8 Å². The van der Waals surface area contributed by atoms with Crippen molar-refractivity contribution in [2.45, 2.75) is 18.9 Å². The number of hydrogen-bond acceptors (Lipinski definition) is 5. The second-order valence-corrected chi connectivity index (χ2v) is 4.42. The van der Waals surface area contributed by atoms with Crippen LogP contribution in [0.5, 0.6) is 17.2 Å². The van der Waals surface area contributed by atoms with Crippen molar-refractivity contribution < 1.29 is 24.1 Å². The molecule has 0 radical (unpaired) electrons. The molecule has 0 saturated carbocycles. The highest BCUT2D eigenvalue weighted by Crippen LogP contribution is 2.43. The van der Waals surface area contributed by atoms with Crippen molar-refractivity contribution in [1.29, 1.82) is 0 Å². The van der Waals surface area contributed by atoms with E-state index in [0.29, 0.717) is 35.2 Å². The summed E-state index contributed by atoms with van der Waals surface area (Å²) in [5.74, 6) is 2.03. The number of rotatable bonds is 5. The van der Waals surface area contributed by atoms with Gasteiger partial charge in [0.1, 0.15) is 11.9 Å². The van der Waals surface area contributed by atoms with Crippen LogP contribution in [-0.2, 0) is 4.74 Å². The summed E-state index contributed by atoms with van der Waals surface area (Å²) in [6, 6.07) is 3.49. The van der Waals surface area contributed by atoms with Gasteiger partial charge in [0.25, 0.3) is 0 Å². The van der Waals surface area contributed by atoms with Gasteiger partial charge in [-0.05, 0) is 31.1 Å². The van der Waals surface area contributed by atoms with Gasteiger partial charge in [0, 0.05) is 5.56 Å². The normalized spacial score (nSPS) is 15.9. The molecule has 0 aliphatic carbocycles. The van der Waals surface area contributed by atoms with Crippen LogP contribution in [0.15, 0.2) is 24.0 Å². The minimum Gasteiger partial charge on any atom is -0.495 e. The van der Waals surface area contributed by atoms with Gasteiger partial charge in [-0.2, -0.15) is 0 Å². The summed E-state index contributed by atoms with van der Waals surface area (Å²) in [5, 5.41) is 10.5. The third kappa shape index (κ3) is 2.67. The molecule has 1 unspecified atom stereocenters.